The number of anilines is 1. The molecule has 0 aromatic heterocycles. The van der Waals surface area contributed by atoms with Crippen molar-refractivity contribution < 1.29 is 14.3 Å². The Morgan fingerprint density at radius 2 is 1.90 bits per heavy atom. The van der Waals surface area contributed by atoms with Crippen molar-refractivity contribution in [2.24, 2.45) is 0 Å². The Bertz CT molecular complexity index is 674. The van der Waals surface area contributed by atoms with E-state index < -0.39 is 5.97 Å². The van der Waals surface area contributed by atoms with E-state index in [1.807, 2.05) is 0 Å². The molecule has 2 aromatic carbocycles. The first-order valence-electron chi connectivity index (χ1n) is 6.07. The van der Waals surface area contributed by atoms with Gasteiger partial charge in [-0.25, -0.2) is 4.79 Å². The van der Waals surface area contributed by atoms with Crippen LogP contribution in [0.4, 0.5) is 5.69 Å². The number of ether oxygens (including phenoxy) is 2. The highest BCUT2D eigenvalue weighted by atomic mass is 35.5. The highest BCUT2D eigenvalue weighted by molar-refractivity contribution is 6.42. The van der Waals surface area contributed by atoms with E-state index in [-0.39, 0.29) is 12.2 Å². The summed E-state index contributed by atoms with van der Waals surface area (Å²) >= 11 is 12.0. The van der Waals surface area contributed by atoms with Crippen LogP contribution in [0.3, 0.4) is 0 Å². The van der Waals surface area contributed by atoms with Crippen molar-refractivity contribution in [3.05, 3.63) is 57.6 Å². The standard InChI is InChI=1S/C15H13Cl2NO3/c1-20-15(19)13-9(4-2-6-11(13)18)8-21-12-7-3-5-10(16)14(12)17/h2-7H,8,18H2,1H3. The van der Waals surface area contributed by atoms with E-state index in [1.165, 1.54) is 7.11 Å². The Hall–Kier alpha value is -1.91. The highest BCUT2D eigenvalue weighted by Crippen LogP contribution is 2.32. The predicted molar refractivity (Wildman–Crippen MR) is 83.0 cm³/mol. The van der Waals surface area contributed by atoms with Crippen LogP contribution in [-0.2, 0) is 11.3 Å². The lowest BCUT2D eigenvalue weighted by atomic mass is 10.1. The summed E-state index contributed by atoms with van der Waals surface area (Å²) in [5.74, 6) is -0.0775. The van der Waals surface area contributed by atoms with Gasteiger partial charge in [0, 0.05) is 11.3 Å². The number of hydrogen-bond donors (Lipinski definition) is 1. The van der Waals surface area contributed by atoms with Crippen LogP contribution in [0.15, 0.2) is 36.4 Å². The molecule has 2 aromatic rings. The van der Waals surface area contributed by atoms with E-state index in [0.717, 1.165) is 0 Å². The first kappa shape index (κ1) is 15.5. The molecule has 0 spiro atoms. The van der Waals surface area contributed by atoms with Gasteiger partial charge in [0.1, 0.15) is 17.4 Å². The van der Waals surface area contributed by atoms with Crippen LogP contribution >= 0.6 is 23.2 Å². The summed E-state index contributed by atoms with van der Waals surface area (Å²) in [4.78, 5) is 11.8. The monoisotopic (exact) mass is 325 g/mol. The average molecular weight is 326 g/mol. The molecule has 0 aliphatic heterocycles. The molecular weight excluding hydrogens is 313 g/mol. The van der Waals surface area contributed by atoms with E-state index >= 15 is 0 Å². The number of esters is 1. The number of halogens is 2. The van der Waals surface area contributed by atoms with Crippen molar-refractivity contribution in [3.8, 4) is 5.75 Å². The Morgan fingerprint density at radius 3 is 2.62 bits per heavy atom. The fourth-order valence-electron chi connectivity index (χ4n) is 1.84. The number of hydrogen-bond acceptors (Lipinski definition) is 4. The molecule has 0 fully saturated rings. The fourth-order valence-corrected chi connectivity index (χ4v) is 2.19. The Labute approximate surface area is 132 Å². The van der Waals surface area contributed by atoms with Gasteiger partial charge in [-0.1, -0.05) is 41.4 Å². The van der Waals surface area contributed by atoms with Crippen LogP contribution in [0.5, 0.6) is 5.75 Å². The number of benzene rings is 2. The molecule has 0 saturated heterocycles. The van der Waals surface area contributed by atoms with Gasteiger partial charge in [0.25, 0.3) is 0 Å². The zero-order chi connectivity index (χ0) is 15.4. The minimum absolute atomic E-state index is 0.121. The zero-order valence-corrected chi connectivity index (χ0v) is 12.7. The molecule has 2 N–H and O–H groups in total. The summed E-state index contributed by atoms with van der Waals surface area (Å²) in [7, 11) is 1.30. The molecule has 0 amide bonds. The number of rotatable bonds is 4. The van der Waals surface area contributed by atoms with Crippen molar-refractivity contribution >= 4 is 34.9 Å². The van der Waals surface area contributed by atoms with Crippen LogP contribution in [-0.4, -0.2) is 13.1 Å². The molecule has 0 radical (unpaired) electrons. The van der Waals surface area contributed by atoms with Gasteiger partial charge >= 0.3 is 5.97 Å². The van der Waals surface area contributed by atoms with Gasteiger partial charge in [-0.3, -0.25) is 0 Å². The lowest BCUT2D eigenvalue weighted by Crippen LogP contribution is -2.11. The molecule has 6 heteroatoms. The van der Waals surface area contributed by atoms with Crippen molar-refractivity contribution in [1.82, 2.24) is 0 Å². The molecule has 0 bridgehead atoms. The van der Waals surface area contributed by atoms with Gasteiger partial charge in [-0.2, -0.15) is 0 Å². The van der Waals surface area contributed by atoms with E-state index in [9.17, 15) is 4.79 Å². The summed E-state index contributed by atoms with van der Waals surface area (Å²) in [6.07, 6.45) is 0. The SMILES string of the molecule is COC(=O)c1c(N)cccc1COc1cccc(Cl)c1Cl. The molecule has 0 unspecified atom stereocenters. The fraction of sp³-hybridized carbons (Fsp3) is 0.133. The van der Waals surface area contributed by atoms with Crippen LogP contribution in [0, 0.1) is 0 Å². The van der Waals surface area contributed by atoms with Gasteiger partial charge in [-0.05, 0) is 18.2 Å². The number of carbonyl (C=O) groups excluding carboxylic acids is 1. The molecule has 0 aliphatic carbocycles. The lowest BCUT2D eigenvalue weighted by molar-refractivity contribution is 0.0599. The lowest BCUT2D eigenvalue weighted by Gasteiger charge is -2.13. The molecule has 21 heavy (non-hydrogen) atoms. The first-order chi connectivity index (χ1) is 10.0. The topological polar surface area (TPSA) is 61.5 Å². The summed E-state index contributed by atoms with van der Waals surface area (Å²) in [5, 5.41) is 0.720. The third-order valence-corrected chi connectivity index (χ3v) is 3.67. The minimum atomic E-state index is -0.510. The molecule has 0 heterocycles. The maximum atomic E-state index is 11.8. The maximum absolute atomic E-state index is 11.8. The third kappa shape index (κ3) is 3.40. The van der Waals surface area contributed by atoms with E-state index in [4.69, 9.17) is 38.4 Å². The maximum Gasteiger partial charge on any atom is 0.340 e. The minimum Gasteiger partial charge on any atom is -0.487 e. The summed E-state index contributed by atoms with van der Waals surface area (Å²) in [5.41, 5.74) is 7.05. The van der Waals surface area contributed by atoms with Gasteiger partial charge in [-0.15, -0.1) is 0 Å². The smallest absolute Gasteiger partial charge is 0.340 e. The van der Waals surface area contributed by atoms with Gasteiger partial charge in [0.15, 0.2) is 0 Å². The molecule has 0 aliphatic rings. The second kappa shape index (κ2) is 6.70. The number of methoxy groups -OCH3 is 1. The molecular formula is C15H13Cl2NO3. The highest BCUT2D eigenvalue weighted by Gasteiger charge is 2.16. The largest absolute Gasteiger partial charge is 0.487 e. The van der Waals surface area contributed by atoms with E-state index in [1.54, 1.807) is 36.4 Å². The van der Waals surface area contributed by atoms with Gasteiger partial charge in [0.05, 0.1) is 17.7 Å². The Morgan fingerprint density at radius 1 is 1.19 bits per heavy atom. The van der Waals surface area contributed by atoms with Crippen LogP contribution in [0.2, 0.25) is 10.0 Å². The number of nitrogens with two attached hydrogens (primary N) is 1. The van der Waals surface area contributed by atoms with E-state index in [2.05, 4.69) is 0 Å². The predicted octanol–water partition coefficient (Wildman–Crippen LogP) is 3.94. The van der Waals surface area contributed by atoms with Crippen molar-refractivity contribution in [2.75, 3.05) is 12.8 Å². The molecule has 0 saturated carbocycles. The average Bonchev–Trinajstić information content (AvgIpc) is 2.48. The molecule has 4 nitrogen and oxygen atoms in total. The second-order valence-corrected chi connectivity index (χ2v) is 5.00. The zero-order valence-electron chi connectivity index (χ0n) is 11.2. The number of nitrogen functional groups attached to an aromatic ring is 1. The van der Waals surface area contributed by atoms with E-state index in [0.29, 0.717) is 27.0 Å². The Balaban J connectivity index is 2.26. The summed E-state index contributed by atoms with van der Waals surface area (Å²) in [6.45, 7) is 0.121. The normalized spacial score (nSPS) is 10.2. The molecule has 2 rings (SSSR count). The number of carbonyl (C=O) groups is 1. The van der Waals surface area contributed by atoms with Crippen molar-refractivity contribution in [1.29, 1.82) is 0 Å². The Kier molecular flexibility index (Phi) is 4.94. The van der Waals surface area contributed by atoms with Gasteiger partial charge < -0.3 is 15.2 Å². The second-order valence-electron chi connectivity index (χ2n) is 4.21. The van der Waals surface area contributed by atoms with Crippen LogP contribution < -0.4 is 10.5 Å². The third-order valence-electron chi connectivity index (χ3n) is 2.87. The van der Waals surface area contributed by atoms with Gasteiger partial charge in [0.2, 0.25) is 0 Å². The quantitative estimate of drug-likeness (QED) is 0.683. The molecule has 110 valence electrons. The first-order valence-corrected chi connectivity index (χ1v) is 6.82. The van der Waals surface area contributed by atoms with Crippen LogP contribution in [0.1, 0.15) is 15.9 Å². The summed E-state index contributed by atoms with van der Waals surface area (Å²) < 4.78 is 10.3. The summed E-state index contributed by atoms with van der Waals surface area (Å²) in [6, 6.07) is 10.2. The van der Waals surface area contributed by atoms with Crippen molar-refractivity contribution in [3.63, 3.8) is 0 Å². The van der Waals surface area contributed by atoms with Crippen molar-refractivity contribution in [2.45, 2.75) is 6.61 Å². The van der Waals surface area contributed by atoms with Crippen LogP contribution in [0.25, 0.3) is 0 Å². The molecule has 0 atom stereocenters.